The number of nitrogens with two attached hydrogens (primary N) is 1. The molecule has 3 N–H and O–H groups in total. The molecule has 10 nitrogen and oxygen atoms in total. The fraction of sp³-hybridized carbons (Fsp3) is 0.750. The Balaban J connectivity index is 4.76. The minimum Gasteiger partial charge on any atom is -0.469 e. The molecule has 0 atom stereocenters. The van der Waals surface area contributed by atoms with Crippen LogP contribution in [0.1, 0.15) is 33.1 Å². The van der Waals surface area contributed by atoms with E-state index in [2.05, 4.69) is 10.2 Å². The molecule has 0 heterocycles. The highest BCUT2D eigenvalue weighted by atomic mass is 16.5. The molecule has 0 aliphatic heterocycles. The molecule has 0 aliphatic rings. The van der Waals surface area contributed by atoms with Gasteiger partial charge in [-0.1, -0.05) is 0 Å². The Morgan fingerprint density at radius 2 is 1.27 bits per heavy atom. The summed E-state index contributed by atoms with van der Waals surface area (Å²) in [6, 6.07) is 0. The largest absolute Gasteiger partial charge is 0.469 e. The van der Waals surface area contributed by atoms with Crippen LogP contribution in [0.4, 0.5) is 0 Å². The third-order valence-corrected chi connectivity index (χ3v) is 4.25. The van der Waals surface area contributed by atoms with Gasteiger partial charge in [0.2, 0.25) is 0 Å². The molecule has 0 rings (SSSR count). The molecular formula is C20H38N4O6. The van der Waals surface area contributed by atoms with Gasteiger partial charge in [-0.2, -0.15) is 0 Å². The minimum absolute atomic E-state index is 0.234. The fourth-order valence-electron chi connectivity index (χ4n) is 2.64. The van der Waals surface area contributed by atoms with Crippen molar-refractivity contribution in [2.24, 2.45) is 5.73 Å². The molecule has 0 aromatic carbocycles. The molecular weight excluding hydrogens is 392 g/mol. The normalized spacial score (nSPS) is 11.1. The molecule has 0 aliphatic carbocycles. The molecule has 0 aromatic heterocycles. The number of hydrogen-bond acceptors (Lipinski definition) is 10. The second kappa shape index (κ2) is 18.7. The fourth-order valence-corrected chi connectivity index (χ4v) is 2.64. The smallest absolute Gasteiger partial charge is 0.307 e. The van der Waals surface area contributed by atoms with Crippen LogP contribution in [-0.2, 0) is 28.6 Å². The van der Waals surface area contributed by atoms with Gasteiger partial charge in [0.25, 0.3) is 0 Å². The number of nitrogens with zero attached hydrogens (tertiary/aromatic N) is 2. The lowest BCUT2D eigenvalue weighted by atomic mass is 10.3. The quantitative estimate of drug-likeness (QED) is 0.175. The van der Waals surface area contributed by atoms with E-state index in [1.54, 1.807) is 20.0 Å². The summed E-state index contributed by atoms with van der Waals surface area (Å²) in [5, 5.41) is 3.07. The molecule has 0 saturated carbocycles. The zero-order valence-corrected chi connectivity index (χ0v) is 18.6. The number of rotatable bonds is 18. The number of esters is 3. The van der Waals surface area contributed by atoms with Crippen LogP contribution in [0.15, 0.2) is 12.4 Å². The first-order chi connectivity index (χ1) is 14.5. The highest BCUT2D eigenvalue weighted by Gasteiger charge is 2.14. The highest BCUT2D eigenvalue weighted by Crippen LogP contribution is 2.01. The van der Waals surface area contributed by atoms with Crippen LogP contribution in [0.5, 0.6) is 0 Å². The van der Waals surface area contributed by atoms with E-state index in [0.29, 0.717) is 65.4 Å². The summed E-state index contributed by atoms with van der Waals surface area (Å²) in [7, 11) is 1.35. The number of carbonyl (C=O) groups is 3. The zero-order chi connectivity index (χ0) is 22.6. The first-order valence-electron chi connectivity index (χ1n) is 10.4. The Hall–Kier alpha value is -2.33. The Labute approximate surface area is 179 Å². The lowest BCUT2D eigenvalue weighted by molar-refractivity contribution is -0.144. The van der Waals surface area contributed by atoms with Gasteiger partial charge < -0.3 is 30.2 Å². The van der Waals surface area contributed by atoms with Crippen molar-refractivity contribution in [2.45, 2.75) is 33.1 Å². The summed E-state index contributed by atoms with van der Waals surface area (Å²) in [5.41, 5.74) is 5.32. The molecule has 0 amide bonds. The van der Waals surface area contributed by atoms with Gasteiger partial charge in [0.05, 0.1) is 39.6 Å². The summed E-state index contributed by atoms with van der Waals surface area (Å²) in [6.07, 6.45) is 3.87. The third kappa shape index (κ3) is 15.6. The zero-order valence-electron chi connectivity index (χ0n) is 18.6. The van der Waals surface area contributed by atoms with Gasteiger partial charge in [0, 0.05) is 58.2 Å². The molecule has 0 unspecified atom stereocenters. The summed E-state index contributed by atoms with van der Waals surface area (Å²) in [6.45, 7) is 8.42. The molecule has 0 saturated heterocycles. The van der Waals surface area contributed by atoms with Crippen molar-refractivity contribution in [1.82, 2.24) is 15.1 Å². The van der Waals surface area contributed by atoms with E-state index >= 15 is 0 Å². The Morgan fingerprint density at radius 1 is 0.800 bits per heavy atom. The molecule has 0 aromatic rings. The molecule has 0 fully saturated rings. The Bertz CT molecular complexity index is 516. The van der Waals surface area contributed by atoms with E-state index in [4.69, 9.17) is 19.9 Å². The second-order valence-corrected chi connectivity index (χ2v) is 6.43. The van der Waals surface area contributed by atoms with Gasteiger partial charge in [-0.05, 0) is 13.8 Å². The summed E-state index contributed by atoms with van der Waals surface area (Å²) >= 11 is 0. The molecule has 0 spiro atoms. The topological polar surface area (TPSA) is 123 Å². The van der Waals surface area contributed by atoms with Gasteiger partial charge in [0.15, 0.2) is 0 Å². The SMILES string of the molecule is CCOC(=O)CCN(CCN/C=C/N)CCN(CCC(=O)OC)CCC(=O)OCC. The summed E-state index contributed by atoms with van der Waals surface area (Å²) < 4.78 is 14.7. The summed E-state index contributed by atoms with van der Waals surface area (Å²) in [5.74, 6) is -0.798. The number of nitrogens with one attached hydrogen (secondary N) is 1. The molecule has 30 heavy (non-hydrogen) atoms. The van der Waals surface area contributed by atoms with Crippen molar-refractivity contribution >= 4 is 17.9 Å². The minimum atomic E-state index is -0.298. The van der Waals surface area contributed by atoms with Crippen LogP contribution in [0, 0.1) is 0 Å². The van der Waals surface area contributed by atoms with Crippen molar-refractivity contribution < 1.29 is 28.6 Å². The maximum atomic E-state index is 11.7. The van der Waals surface area contributed by atoms with E-state index < -0.39 is 0 Å². The number of methoxy groups -OCH3 is 1. The number of ether oxygens (including phenoxy) is 3. The Morgan fingerprint density at radius 3 is 1.70 bits per heavy atom. The molecule has 10 heteroatoms. The lowest BCUT2D eigenvalue weighted by Crippen LogP contribution is -2.40. The highest BCUT2D eigenvalue weighted by molar-refractivity contribution is 5.70. The van der Waals surface area contributed by atoms with Crippen molar-refractivity contribution in [1.29, 1.82) is 0 Å². The second-order valence-electron chi connectivity index (χ2n) is 6.43. The van der Waals surface area contributed by atoms with Crippen molar-refractivity contribution in [3.8, 4) is 0 Å². The van der Waals surface area contributed by atoms with Crippen molar-refractivity contribution in [2.75, 3.05) is 66.1 Å². The van der Waals surface area contributed by atoms with E-state index in [-0.39, 0.29) is 30.7 Å². The van der Waals surface area contributed by atoms with Crippen LogP contribution in [-0.4, -0.2) is 93.8 Å². The first-order valence-corrected chi connectivity index (χ1v) is 10.4. The van der Waals surface area contributed by atoms with E-state index in [1.807, 2.05) is 4.90 Å². The van der Waals surface area contributed by atoms with Gasteiger partial charge in [-0.25, -0.2) is 0 Å². The van der Waals surface area contributed by atoms with Crippen molar-refractivity contribution in [3.05, 3.63) is 12.4 Å². The van der Waals surface area contributed by atoms with Crippen LogP contribution in [0.25, 0.3) is 0 Å². The summed E-state index contributed by atoms with van der Waals surface area (Å²) in [4.78, 5) is 39.1. The van der Waals surface area contributed by atoms with Gasteiger partial charge in [-0.3, -0.25) is 19.3 Å². The average Bonchev–Trinajstić information content (AvgIpc) is 2.73. The van der Waals surface area contributed by atoms with Gasteiger partial charge >= 0.3 is 17.9 Å². The predicted octanol–water partition coefficient (Wildman–Crippen LogP) is 0.0794. The Kier molecular flexibility index (Phi) is 17.2. The van der Waals surface area contributed by atoms with Gasteiger partial charge in [-0.15, -0.1) is 0 Å². The predicted molar refractivity (Wildman–Crippen MR) is 113 cm³/mol. The molecule has 0 radical (unpaired) electrons. The maximum absolute atomic E-state index is 11.7. The van der Waals surface area contributed by atoms with E-state index in [0.717, 1.165) is 0 Å². The maximum Gasteiger partial charge on any atom is 0.307 e. The van der Waals surface area contributed by atoms with Crippen LogP contribution in [0.2, 0.25) is 0 Å². The van der Waals surface area contributed by atoms with E-state index in [1.165, 1.54) is 13.3 Å². The van der Waals surface area contributed by atoms with Crippen molar-refractivity contribution in [3.63, 3.8) is 0 Å². The monoisotopic (exact) mass is 430 g/mol. The molecule has 174 valence electrons. The van der Waals surface area contributed by atoms with Crippen LogP contribution >= 0.6 is 0 Å². The standard InChI is InChI=1S/C20H38N4O6/c1-4-29-19(26)7-13-23(12-6-18(25)28-3)16-17-24(15-11-22-10-9-21)14-8-20(27)30-5-2/h9-10,22H,4-8,11-17,21H2,1-3H3/b10-9+. The van der Waals surface area contributed by atoms with Crippen LogP contribution < -0.4 is 11.1 Å². The van der Waals surface area contributed by atoms with Crippen LogP contribution in [0.3, 0.4) is 0 Å². The van der Waals surface area contributed by atoms with E-state index in [9.17, 15) is 14.4 Å². The van der Waals surface area contributed by atoms with Gasteiger partial charge in [0.1, 0.15) is 0 Å². The lowest BCUT2D eigenvalue weighted by Gasteiger charge is -2.27. The molecule has 0 bridgehead atoms. The average molecular weight is 431 g/mol. The number of carbonyl (C=O) groups excluding carboxylic acids is 3. The third-order valence-electron chi connectivity index (χ3n) is 4.25. The first kappa shape index (κ1) is 27.7. The number of hydrogen-bond donors (Lipinski definition) is 2.